The molecule has 0 bridgehead atoms. The molecule has 8 heteroatoms. The van der Waals surface area contributed by atoms with Crippen LogP contribution in [0.4, 0.5) is 11.4 Å². The van der Waals surface area contributed by atoms with Crippen LogP contribution < -0.4 is 15.4 Å². The lowest BCUT2D eigenvalue weighted by molar-refractivity contribution is -0.137. The maximum atomic E-state index is 13.4. The molecule has 34 heavy (non-hydrogen) atoms. The number of amides is 3. The van der Waals surface area contributed by atoms with Crippen molar-refractivity contribution in [3.8, 4) is 5.75 Å². The molecule has 1 heterocycles. The van der Waals surface area contributed by atoms with Crippen LogP contribution in [0.5, 0.6) is 5.75 Å². The fourth-order valence-corrected chi connectivity index (χ4v) is 3.61. The lowest BCUT2D eigenvalue weighted by atomic mass is 10.0. The molecule has 2 N–H and O–H groups in total. The van der Waals surface area contributed by atoms with Gasteiger partial charge in [0.1, 0.15) is 11.4 Å². The Kier molecular flexibility index (Phi) is 8.43. The summed E-state index contributed by atoms with van der Waals surface area (Å²) in [6.07, 6.45) is 0.612. The van der Waals surface area contributed by atoms with E-state index < -0.39 is 5.91 Å². The summed E-state index contributed by atoms with van der Waals surface area (Å²) < 4.78 is 11.2. The first-order valence-electron chi connectivity index (χ1n) is 11.4. The average molecular weight is 466 g/mol. The maximum absolute atomic E-state index is 13.4. The summed E-state index contributed by atoms with van der Waals surface area (Å²) in [5, 5.41) is 5.85. The molecule has 180 valence electrons. The quantitative estimate of drug-likeness (QED) is 0.384. The van der Waals surface area contributed by atoms with E-state index in [9.17, 15) is 14.4 Å². The summed E-state index contributed by atoms with van der Waals surface area (Å²) >= 11 is 0. The van der Waals surface area contributed by atoms with Gasteiger partial charge in [0, 0.05) is 25.8 Å². The van der Waals surface area contributed by atoms with E-state index in [2.05, 4.69) is 10.6 Å². The molecule has 1 aliphatic rings. The number of hydrogen-bond donors (Lipinski definition) is 2. The Morgan fingerprint density at radius 2 is 1.74 bits per heavy atom. The van der Waals surface area contributed by atoms with Gasteiger partial charge in [-0.25, -0.2) is 0 Å². The zero-order valence-corrected chi connectivity index (χ0v) is 20.0. The molecule has 0 fully saturated rings. The Labute approximate surface area is 199 Å². The molecule has 0 saturated heterocycles. The molecule has 2 aromatic rings. The normalized spacial score (nSPS) is 13.6. The van der Waals surface area contributed by atoms with Crippen molar-refractivity contribution in [3.05, 3.63) is 59.8 Å². The number of hydrogen-bond acceptors (Lipinski definition) is 6. The minimum atomic E-state index is -0.401. The van der Waals surface area contributed by atoms with Gasteiger partial charge in [-0.2, -0.15) is 0 Å². The van der Waals surface area contributed by atoms with Gasteiger partial charge in [-0.15, -0.1) is 0 Å². The molecule has 0 atom stereocenters. The van der Waals surface area contributed by atoms with Gasteiger partial charge in [-0.1, -0.05) is 24.3 Å². The van der Waals surface area contributed by atoms with E-state index in [0.29, 0.717) is 42.3 Å². The average Bonchev–Trinajstić information content (AvgIpc) is 3.02. The third kappa shape index (κ3) is 6.02. The summed E-state index contributed by atoms with van der Waals surface area (Å²) in [6, 6.07) is 14.1. The number of anilines is 2. The van der Waals surface area contributed by atoms with Crippen molar-refractivity contribution in [3.63, 3.8) is 0 Å². The van der Waals surface area contributed by atoms with Crippen molar-refractivity contribution >= 4 is 34.7 Å². The van der Waals surface area contributed by atoms with Gasteiger partial charge < -0.3 is 20.1 Å². The second-order valence-electron chi connectivity index (χ2n) is 8.10. The van der Waals surface area contributed by atoms with Crippen molar-refractivity contribution < 1.29 is 23.9 Å². The van der Waals surface area contributed by atoms with Gasteiger partial charge in [0.25, 0.3) is 11.8 Å². The Hall–Kier alpha value is -3.65. The minimum absolute atomic E-state index is 0.0769. The van der Waals surface area contributed by atoms with E-state index in [4.69, 9.17) is 9.47 Å². The Morgan fingerprint density at radius 3 is 2.38 bits per heavy atom. The van der Waals surface area contributed by atoms with Crippen LogP contribution in [-0.4, -0.2) is 48.5 Å². The number of carbonyl (C=O) groups excluding carboxylic acids is 3. The van der Waals surface area contributed by atoms with E-state index in [1.165, 1.54) is 11.8 Å². The monoisotopic (exact) mass is 465 g/mol. The first-order chi connectivity index (χ1) is 16.3. The summed E-state index contributed by atoms with van der Waals surface area (Å²) in [7, 11) is 0. The number of rotatable bonds is 11. The highest BCUT2D eigenvalue weighted by Crippen LogP contribution is 2.33. The predicted molar refractivity (Wildman–Crippen MR) is 131 cm³/mol. The number of imide groups is 1. The van der Waals surface area contributed by atoms with Gasteiger partial charge in [0.2, 0.25) is 5.91 Å². The molecule has 0 radical (unpaired) electrons. The van der Waals surface area contributed by atoms with Crippen molar-refractivity contribution in [1.82, 2.24) is 4.90 Å². The largest absolute Gasteiger partial charge is 0.492 e. The molecule has 0 aliphatic carbocycles. The lowest BCUT2D eigenvalue weighted by Crippen LogP contribution is -2.34. The Balaban J connectivity index is 1.94. The van der Waals surface area contributed by atoms with Crippen molar-refractivity contribution in [1.29, 1.82) is 0 Å². The van der Waals surface area contributed by atoms with E-state index in [0.717, 1.165) is 0 Å². The standard InChI is InChI=1S/C26H31N3O5/c1-5-33-22-10-7-6-9-21(22)28-24-23(19-11-13-20(14-12-19)27-18(4)30)25(31)29(26(24)32)15-8-16-34-17(2)3/h6-7,9-14,17,28H,5,8,15-16H2,1-4H3,(H,27,30). The molecular formula is C26H31N3O5. The van der Waals surface area contributed by atoms with Gasteiger partial charge in [-0.05, 0) is 57.0 Å². The van der Waals surface area contributed by atoms with E-state index in [-0.39, 0.29) is 35.7 Å². The second kappa shape index (κ2) is 11.5. The predicted octanol–water partition coefficient (Wildman–Crippen LogP) is 4.05. The van der Waals surface area contributed by atoms with Gasteiger partial charge in [0.15, 0.2) is 0 Å². The van der Waals surface area contributed by atoms with Crippen molar-refractivity contribution in [2.75, 3.05) is 30.4 Å². The summed E-state index contributed by atoms with van der Waals surface area (Å²) in [4.78, 5) is 39.3. The fraction of sp³-hybridized carbons (Fsp3) is 0.346. The molecule has 2 aromatic carbocycles. The SMILES string of the molecule is CCOc1ccccc1NC1=C(c2ccc(NC(C)=O)cc2)C(=O)N(CCCOC(C)C)C1=O. The van der Waals surface area contributed by atoms with Gasteiger partial charge in [-0.3, -0.25) is 19.3 Å². The van der Waals surface area contributed by atoms with Crippen LogP contribution in [0.1, 0.15) is 39.7 Å². The molecule has 0 spiro atoms. The highest BCUT2D eigenvalue weighted by Gasteiger charge is 2.39. The third-order valence-electron chi connectivity index (χ3n) is 5.09. The zero-order chi connectivity index (χ0) is 24.7. The molecule has 3 rings (SSSR count). The van der Waals surface area contributed by atoms with E-state index in [1.54, 1.807) is 36.4 Å². The fourth-order valence-electron chi connectivity index (χ4n) is 3.61. The van der Waals surface area contributed by atoms with Crippen LogP contribution in [0.3, 0.4) is 0 Å². The molecule has 3 amide bonds. The van der Waals surface area contributed by atoms with Gasteiger partial charge in [0.05, 0.1) is 24.0 Å². The molecule has 0 saturated carbocycles. The van der Waals surface area contributed by atoms with Crippen LogP contribution in [0, 0.1) is 0 Å². The van der Waals surface area contributed by atoms with Crippen LogP contribution in [0.25, 0.3) is 5.57 Å². The first kappa shape index (κ1) is 25.0. The van der Waals surface area contributed by atoms with Crippen LogP contribution in [0.15, 0.2) is 54.2 Å². The van der Waals surface area contributed by atoms with E-state index in [1.807, 2.05) is 32.9 Å². The minimum Gasteiger partial charge on any atom is -0.492 e. The first-order valence-corrected chi connectivity index (χ1v) is 11.4. The highest BCUT2D eigenvalue weighted by molar-refractivity contribution is 6.36. The van der Waals surface area contributed by atoms with Crippen LogP contribution in [-0.2, 0) is 19.1 Å². The van der Waals surface area contributed by atoms with Crippen LogP contribution in [0.2, 0.25) is 0 Å². The second-order valence-corrected chi connectivity index (χ2v) is 8.10. The van der Waals surface area contributed by atoms with Crippen molar-refractivity contribution in [2.45, 2.75) is 40.2 Å². The number of benzene rings is 2. The smallest absolute Gasteiger partial charge is 0.278 e. The number of nitrogens with zero attached hydrogens (tertiary/aromatic N) is 1. The van der Waals surface area contributed by atoms with E-state index >= 15 is 0 Å². The van der Waals surface area contributed by atoms with Crippen LogP contribution >= 0.6 is 0 Å². The molecular weight excluding hydrogens is 434 g/mol. The summed E-state index contributed by atoms with van der Waals surface area (Å²) in [5.41, 5.74) is 2.24. The lowest BCUT2D eigenvalue weighted by Gasteiger charge is -2.16. The molecule has 8 nitrogen and oxygen atoms in total. The number of nitrogens with one attached hydrogen (secondary N) is 2. The summed E-state index contributed by atoms with van der Waals surface area (Å²) in [6.45, 7) is 8.34. The third-order valence-corrected chi connectivity index (χ3v) is 5.09. The molecule has 1 aliphatic heterocycles. The maximum Gasteiger partial charge on any atom is 0.278 e. The Morgan fingerprint density at radius 1 is 1.03 bits per heavy atom. The molecule has 0 aromatic heterocycles. The zero-order valence-electron chi connectivity index (χ0n) is 20.0. The topological polar surface area (TPSA) is 97.0 Å². The highest BCUT2D eigenvalue weighted by atomic mass is 16.5. The summed E-state index contributed by atoms with van der Waals surface area (Å²) in [5.74, 6) is -0.384. The number of ether oxygens (including phenoxy) is 2. The van der Waals surface area contributed by atoms with Gasteiger partial charge >= 0.3 is 0 Å². The number of carbonyl (C=O) groups is 3. The number of para-hydroxylation sites is 2. The Bertz CT molecular complexity index is 1080. The van der Waals surface area contributed by atoms with Crippen molar-refractivity contribution in [2.24, 2.45) is 0 Å². The molecule has 0 unspecified atom stereocenters.